The molecule has 2 unspecified atom stereocenters. The smallest absolute Gasteiger partial charge is 0.356 e. The number of thioether (sulfide) groups is 2. The molecular formula is C51H42N8O7S3. The fourth-order valence-corrected chi connectivity index (χ4v) is 10.9. The van der Waals surface area contributed by atoms with E-state index in [4.69, 9.17) is 14.6 Å². The number of esters is 1. The van der Waals surface area contributed by atoms with Gasteiger partial charge in [0.25, 0.3) is 11.8 Å². The number of aryl methyl sites for hydroxylation is 1. The van der Waals surface area contributed by atoms with E-state index in [-0.39, 0.29) is 28.0 Å². The number of nitrogens with zero attached hydrogens (tertiary/aromatic N) is 5. The number of allylic oxidation sites excluding steroid dienone is 1. The number of anilines is 1. The molecule has 18 heteroatoms. The zero-order valence-electron chi connectivity index (χ0n) is 36.9. The molecule has 0 radical (unpaired) electrons. The van der Waals surface area contributed by atoms with E-state index in [0.717, 1.165) is 28.5 Å². The van der Waals surface area contributed by atoms with Gasteiger partial charge in [-0.25, -0.2) is 9.78 Å². The van der Waals surface area contributed by atoms with E-state index in [9.17, 15) is 24.0 Å². The predicted molar refractivity (Wildman–Crippen MR) is 266 cm³/mol. The van der Waals surface area contributed by atoms with Crippen molar-refractivity contribution in [2.75, 3.05) is 18.2 Å². The van der Waals surface area contributed by atoms with Crippen LogP contribution in [0.1, 0.15) is 39.6 Å². The number of rotatable bonds is 16. The molecule has 2 aliphatic heterocycles. The summed E-state index contributed by atoms with van der Waals surface area (Å²) in [6, 6.07) is 47.5. The number of thiazole rings is 1. The Morgan fingerprint density at radius 2 is 1.38 bits per heavy atom. The monoisotopic (exact) mass is 974 g/mol. The third kappa shape index (κ3) is 9.54. The maximum Gasteiger partial charge on any atom is 0.356 e. The average Bonchev–Trinajstić information content (AvgIpc) is 3.86. The minimum atomic E-state index is -1.07. The number of hydrogen-bond acceptors (Lipinski definition) is 14. The third-order valence-corrected chi connectivity index (χ3v) is 14.3. The second-order valence-electron chi connectivity index (χ2n) is 15.6. The number of ether oxygens (including phenoxy) is 1. The number of carbonyl (C=O) groups is 3. The van der Waals surface area contributed by atoms with Crippen LogP contribution in [0.15, 0.2) is 200 Å². The van der Waals surface area contributed by atoms with Gasteiger partial charge in [-0.05, 0) is 44.9 Å². The van der Waals surface area contributed by atoms with Crippen LogP contribution in [0.2, 0.25) is 0 Å². The summed E-state index contributed by atoms with van der Waals surface area (Å²) < 4.78 is 7.61. The van der Waals surface area contributed by atoms with Crippen LogP contribution in [-0.4, -0.2) is 72.4 Å². The summed E-state index contributed by atoms with van der Waals surface area (Å²) in [4.78, 5) is 82.3. The summed E-state index contributed by atoms with van der Waals surface area (Å²) in [5, 5.41) is 16.3. The van der Waals surface area contributed by atoms with Crippen LogP contribution >= 0.6 is 34.9 Å². The molecule has 69 heavy (non-hydrogen) atoms. The predicted octanol–water partition coefficient (Wildman–Crippen LogP) is 6.97. The molecule has 0 bridgehead atoms. The van der Waals surface area contributed by atoms with E-state index in [1.54, 1.807) is 16.9 Å². The van der Waals surface area contributed by atoms with Gasteiger partial charge in [0.15, 0.2) is 22.1 Å². The van der Waals surface area contributed by atoms with E-state index < -0.39 is 52.0 Å². The van der Waals surface area contributed by atoms with Crippen molar-refractivity contribution in [3.8, 4) is 0 Å². The summed E-state index contributed by atoms with van der Waals surface area (Å²) in [7, 11) is 2.85. The van der Waals surface area contributed by atoms with E-state index in [1.165, 1.54) is 46.8 Å². The van der Waals surface area contributed by atoms with Crippen LogP contribution in [0, 0.1) is 0 Å². The Bertz CT molecular complexity index is 3070. The first-order valence-corrected chi connectivity index (χ1v) is 24.3. The minimum Gasteiger partial charge on any atom is -0.448 e. The van der Waals surface area contributed by atoms with Crippen molar-refractivity contribution in [1.82, 2.24) is 30.0 Å². The molecule has 3 N–H and O–H groups in total. The van der Waals surface area contributed by atoms with Gasteiger partial charge in [-0.15, -0.1) is 23.1 Å². The van der Waals surface area contributed by atoms with Gasteiger partial charge in [0.1, 0.15) is 35.5 Å². The molecule has 7 aromatic rings. The molecule has 5 aromatic carbocycles. The van der Waals surface area contributed by atoms with Gasteiger partial charge in [0.05, 0.1) is 0 Å². The van der Waals surface area contributed by atoms with Crippen LogP contribution in [0.5, 0.6) is 0 Å². The summed E-state index contributed by atoms with van der Waals surface area (Å²) >= 11 is 3.65. The first kappa shape index (κ1) is 46.3. The van der Waals surface area contributed by atoms with Crippen LogP contribution in [-0.2, 0) is 36.5 Å². The highest BCUT2D eigenvalue weighted by molar-refractivity contribution is 8.02. The van der Waals surface area contributed by atoms with Crippen LogP contribution < -0.4 is 21.8 Å². The molecule has 2 amide bonds. The maximum atomic E-state index is 14.6. The summed E-state index contributed by atoms with van der Waals surface area (Å²) in [6.07, 6.45) is 0.815. The van der Waals surface area contributed by atoms with E-state index >= 15 is 0 Å². The second kappa shape index (κ2) is 20.6. The maximum absolute atomic E-state index is 14.6. The average molecular weight is 975 g/mol. The number of aromatic nitrogens is 4. The first-order valence-electron chi connectivity index (χ1n) is 21.5. The Kier molecular flexibility index (Phi) is 13.8. The number of fused-ring (bicyclic) bond motifs is 1. The highest BCUT2D eigenvalue weighted by Crippen LogP contribution is 2.43. The van der Waals surface area contributed by atoms with Crippen molar-refractivity contribution >= 4 is 63.5 Å². The lowest BCUT2D eigenvalue weighted by atomic mass is 9.77. The van der Waals surface area contributed by atoms with Crippen molar-refractivity contribution in [2.45, 2.75) is 28.2 Å². The summed E-state index contributed by atoms with van der Waals surface area (Å²) in [5.41, 5.74) is 2.11. The molecule has 1 fully saturated rings. The number of amides is 2. The van der Waals surface area contributed by atoms with Crippen molar-refractivity contribution in [1.29, 1.82) is 0 Å². The summed E-state index contributed by atoms with van der Waals surface area (Å²) in [5.74, 6) is -1.80. The lowest BCUT2D eigenvalue weighted by molar-refractivity contribution is -0.154. The number of nitrogens with one attached hydrogen (secondary N) is 3. The molecule has 2 aromatic heterocycles. The molecule has 15 nitrogen and oxygen atoms in total. The zero-order valence-corrected chi connectivity index (χ0v) is 39.4. The van der Waals surface area contributed by atoms with Crippen LogP contribution in [0.3, 0.4) is 0 Å². The molecular weight excluding hydrogens is 933 g/mol. The van der Waals surface area contributed by atoms with E-state index in [0.29, 0.717) is 21.8 Å². The Labute approximate surface area is 408 Å². The molecule has 0 aliphatic carbocycles. The number of benzene rings is 5. The van der Waals surface area contributed by atoms with Crippen molar-refractivity contribution in [2.24, 2.45) is 12.2 Å². The Hall–Kier alpha value is -7.80. The Morgan fingerprint density at radius 1 is 0.826 bits per heavy atom. The molecule has 2 atom stereocenters. The first-order chi connectivity index (χ1) is 33.7. The molecule has 0 spiro atoms. The quantitative estimate of drug-likeness (QED) is 0.0172. The van der Waals surface area contributed by atoms with Gasteiger partial charge in [-0.1, -0.05) is 169 Å². The fraction of sp³-hybridized carbons (Fsp3) is 0.137. The molecule has 0 saturated carbocycles. The minimum absolute atomic E-state index is 0.00832. The number of oxime groups is 1. The lowest BCUT2D eigenvalue weighted by Crippen LogP contribution is -2.71. The second-order valence-corrected chi connectivity index (χ2v) is 18.4. The highest BCUT2D eigenvalue weighted by Gasteiger charge is 2.55. The number of H-pyrrole nitrogens is 1. The van der Waals surface area contributed by atoms with Crippen molar-refractivity contribution < 1.29 is 24.0 Å². The van der Waals surface area contributed by atoms with E-state index in [2.05, 4.69) is 62.3 Å². The topological polar surface area (TPSA) is 190 Å². The number of β-lactam (4-membered cyclic amide) rings is 1. The normalized spacial score (nSPS) is 16.0. The van der Waals surface area contributed by atoms with Gasteiger partial charge >= 0.3 is 17.1 Å². The molecule has 346 valence electrons. The molecule has 9 rings (SSSR count). The lowest BCUT2D eigenvalue weighted by Gasteiger charge is -2.49. The zero-order chi connectivity index (χ0) is 47.9. The van der Waals surface area contributed by atoms with Gasteiger partial charge in [0.2, 0.25) is 0 Å². The van der Waals surface area contributed by atoms with Crippen molar-refractivity contribution in [3.63, 3.8) is 0 Å². The molecule has 4 heterocycles. The molecule has 1 saturated heterocycles. The van der Waals surface area contributed by atoms with Crippen LogP contribution in [0.25, 0.3) is 0 Å². The SMILES string of the molecule is CO/N=C(/C(=O)NC1C(=O)N2C(C(=O)OC(c3ccccc3)c3ccccc3)=C(/C=C/Sc3nc(=O)c(=O)[nH]n3C)CSC12)c1csc(NC(c2ccccc2)(c2ccccc2)c2ccccc2)n1. The number of aromatic amines is 1. The highest BCUT2D eigenvalue weighted by atomic mass is 32.2. The molecule has 2 aliphatic rings. The van der Waals surface area contributed by atoms with Gasteiger partial charge < -0.3 is 20.2 Å². The van der Waals surface area contributed by atoms with Gasteiger partial charge in [-0.2, -0.15) is 4.98 Å². The van der Waals surface area contributed by atoms with E-state index in [1.807, 2.05) is 115 Å². The van der Waals surface area contributed by atoms with Gasteiger partial charge in [-0.3, -0.25) is 33.9 Å². The van der Waals surface area contributed by atoms with Crippen LogP contribution in [0.4, 0.5) is 5.13 Å². The Morgan fingerprint density at radius 3 is 1.93 bits per heavy atom. The standard InChI is InChI=1S/C51H42N8O7S3/c1-58-50(54-44(61)45(62)56-58)67-29-28-34-30-68-47-40(46(63)59(47)41(34)48(64)66-42(32-18-8-3-9-19-32)33-20-10-4-11-21-33)53-43(60)39(57-65-2)38-31-69-49(52-38)55-51(35-22-12-5-13-23-35,36-24-14-6-15-25-36)37-26-16-7-17-27-37/h3-29,31,40,42,47H,30H2,1-2H3,(H,52,55)(H,53,60)(H,56,62)/b29-28+,57-39+. The third-order valence-electron chi connectivity index (χ3n) is 11.4. The number of carbonyl (C=O) groups excluding carboxylic acids is 3. The number of hydrogen-bond donors (Lipinski definition) is 3. The van der Waals surface area contributed by atoms with Crippen molar-refractivity contribution in [3.05, 3.63) is 234 Å². The Balaban J connectivity index is 0.997. The summed E-state index contributed by atoms with van der Waals surface area (Å²) in [6.45, 7) is 0. The van der Waals surface area contributed by atoms with Gasteiger partial charge in [0, 0.05) is 18.2 Å². The fourth-order valence-electron chi connectivity index (χ4n) is 8.14. The largest absolute Gasteiger partial charge is 0.448 e.